The monoisotopic (exact) mass is 335 g/mol. The first kappa shape index (κ1) is 15.4. The maximum Gasteiger partial charge on any atom is 0.229 e. The molecule has 1 aliphatic heterocycles. The zero-order valence-corrected chi connectivity index (χ0v) is 13.7. The van der Waals surface area contributed by atoms with Gasteiger partial charge < -0.3 is 14.6 Å². The van der Waals surface area contributed by atoms with Crippen LogP contribution in [-0.4, -0.2) is 23.3 Å². The molecule has 25 heavy (non-hydrogen) atoms. The van der Waals surface area contributed by atoms with Gasteiger partial charge in [-0.3, -0.25) is 9.59 Å². The highest BCUT2D eigenvalue weighted by Gasteiger charge is 2.35. The molecule has 2 amide bonds. The smallest absolute Gasteiger partial charge is 0.229 e. The van der Waals surface area contributed by atoms with Gasteiger partial charge >= 0.3 is 0 Å². The summed E-state index contributed by atoms with van der Waals surface area (Å²) in [7, 11) is 0. The second kappa shape index (κ2) is 6.05. The zero-order valence-electron chi connectivity index (χ0n) is 13.7. The molecule has 6 nitrogen and oxygen atoms in total. The summed E-state index contributed by atoms with van der Waals surface area (Å²) in [4.78, 5) is 30.8. The topological polar surface area (TPSA) is 75.4 Å². The minimum Gasteiger partial charge on any atom is -0.441 e. The number of carbonyl (C=O) groups is 2. The van der Waals surface area contributed by atoms with Crippen molar-refractivity contribution < 1.29 is 14.0 Å². The highest BCUT2D eigenvalue weighted by Crippen LogP contribution is 2.29. The van der Waals surface area contributed by atoms with Crippen LogP contribution < -0.4 is 10.2 Å². The van der Waals surface area contributed by atoms with E-state index in [1.54, 1.807) is 17.9 Å². The molecule has 3 aromatic rings. The van der Waals surface area contributed by atoms with Crippen molar-refractivity contribution >= 4 is 34.3 Å². The summed E-state index contributed by atoms with van der Waals surface area (Å²) in [5.74, 6) is 0.00986. The van der Waals surface area contributed by atoms with Crippen LogP contribution in [0.2, 0.25) is 0 Å². The fraction of sp³-hybridized carbons (Fsp3) is 0.211. The minimum absolute atomic E-state index is 0.0622. The fourth-order valence-corrected chi connectivity index (χ4v) is 3.10. The van der Waals surface area contributed by atoms with Crippen molar-refractivity contribution in [2.75, 3.05) is 16.8 Å². The number of fused-ring (bicyclic) bond motifs is 1. The molecule has 1 N–H and O–H groups in total. The Balaban J connectivity index is 1.52. The number of carbonyl (C=O) groups excluding carboxylic acids is 2. The van der Waals surface area contributed by atoms with Crippen LogP contribution in [0.3, 0.4) is 0 Å². The Morgan fingerprint density at radius 3 is 2.84 bits per heavy atom. The third-order valence-electron chi connectivity index (χ3n) is 4.33. The van der Waals surface area contributed by atoms with Crippen molar-refractivity contribution in [1.82, 2.24) is 4.98 Å². The number of aryl methyl sites for hydroxylation is 1. The summed E-state index contributed by atoms with van der Waals surface area (Å²) >= 11 is 0. The molecule has 1 atom stereocenters. The van der Waals surface area contributed by atoms with E-state index in [-0.39, 0.29) is 24.2 Å². The second-order valence-corrected chi connectivity index (χ2v) is 6.15. The molecule has 0 aliphatic carbocycles. The molecule has 2 heterocycles. The molecule has 0 saturated carbocycles. The first-order valence-electron chi connectivity index (χ1n) is 8.13. The predicted molar refractivity (Wildman–Crippen MR) is 94.3 cm³/mol. The molecule has 1 aromatic heterocycles. The average molecular weight is 335 g/mol. The minimum atomic E-state index is -0.373. The van der Waals surface area contributed by atoms with Crippen molar-refractivity contribution in [1.29, 1.82) is 0 Å². The van der Waals surface area contributed by atoms with Gasteiger partial charge in [-0.15, -0.1) is 0 Å². The number of amides is 2. The molecule has 1 aliphatic rings. The third-order valence-corrected chi connectivity index (χ3v) is 4.33. The van der Waals surface area contributed by atoms with Gasteiger partial charge in [-0.05, 0) is 30.3 Å². The van der Waals surface area contributed by atoms with Crippen molar-refractivity contribution in [2.45, 2.75) is 13.3 Å². The van der Waals surface area contributed by atoms with Gasteiger partial charge in [0.05, 0.1) is 5.92 Å². The van der Waals surface area contributed by atoms with Crippen LogP contribution in [0.5, 0.6) is 0 Å². The number of anilines is 2. The Labute approximate surface area is 144 Å². The lowest BCUT2D eigenvalue weighted by atomic mass is 10.1. The van der Waals surface area contributed by atoms with E-state index in [1.165, 1.54) is 0 Å². The maximum absolute atomic E-state index is 12.4. The number of oxazole rings is 1. The van der Waals surface area contributed by atoms with E-state index in [1.807, 2.05) is 42.5 Å². The Kier molecular flexibility index (Phi) is 3.72. The van der Waals surface area contributed by atoms with E-state index < -0.39 is 0 Å². The quantitative estimate of drug-likeness (QED) is 0.798. The molecule has 1 fully saturated rings. The Bertz CT molecular complexity index is 949. The van der Waals surface area contributed by atoms with E-state index in [0.29, 0.717) is 23.5 Å². The van der Waals surface area contributed by atoms with Crippen molar-refractivity contribution in [3.63, 3.8) is 0 Å². The summed E-state index contributed by atoms with van der Waals surface area (Å²) in [6.07, 6.45) is 0.203. The van der Waals surface area contributed by atoms with Gasteiger partial charge in [0.15, 0.2) is 11.5 Å². The fourth-order valence-electron chi connectivity index (χ4n) is 3.10. The van der Waals surface area contributed by atoms with Gasteiger partial charge in [-0.25, -0.2) is 4.98 Å². The Morgan fingerprint density at radius 1 is 1.24 bits per heavy atom. The maximum atomic E-state index is 12.4. The highest BCUT2D eigenvalue weighted by molar-refractivity contribution is 6.04. The summed E-state index contributed by atoms with van der Waals surface area (Å²) in [6, 6.07) is 14.7. The lowest BCUT2D eigenvalue weighted by Crippen LogP contribution is -2.28. The number of nitrogens with zero attached hydrogens (tertiary/aromatic N) is 2. The van der Waals surface area contributed by atoms with Crippen LogP contribution in [0.4, 0.5) is 11.4 Å². The summed E-state index contributed by atoms with van der Waals surface area (Å²) in [6.45, 7) is 2.14. The molecule has 0 spiro atoms. The van der Waals surface area contributed by atoms with Gasteiger partial charge in [0.25, 0.3) is 0 Å². The number of benzene rings is 2. The zero-order chi connectivity index (χ0) is 17.4. The first-order valence-corrected chi connectivity index (χ1v) is 8.13. The van der Waals surface area contributed by atoms with Crippen LogP contribution in [-0.2, 0) is 9.59 Å². The van der Waals surface area contributed by atoms with Crippen LogP contribution >= 0.6 is 0 Å². The lowest BCUT2D eigenvalue weighted by Gasteiger charge is -2.16. The predicted octanol–water partition coefficient (Wildman–Crippen LogP) is 3.13. The second-order valence-electron chi connectivity index (χ2n) is 6.15. The van der Waals surface area contributed by atoms with E-state index >= 15 is 0 Å². The molecule has 0 bridgehead atoms. The highest BCUT2D eigenvalue weighted by atomic mass is 16.3. The SMILES string of the molecule is Cc1nc2cc(N3C[C@H](C(=O)Nc4ccccc4)CC3=O)ccc2o1. The van der Waals surface area contributed by atoms with Crippen molar-refractivity contribution in [3.05, 3.63) is 54.4 Å². The molecule has 6 heteroatoms. The summed E-state index contributed by atoms with van der Waals surface area (Å²) in [5.41, 5.74) is 2.87. The third kappa shape index (κ3) is 2.98. The standard InChI is InChI=1S/C19H17N3O3/c1-12-20-16-10-15(7-8-17(16)25-12)22-11-13(9-18(22)23)19(24)21-14-5-3-2-4-6-14/h2-8,10,13H,9,11H2,1H3,(H,21,24)/t13-/m1/s1. The van der Waals surface area contributed by atoms with Gasteiger partial charge in [-0.2, -0.15) is 0 Å². The Hall–Kier alpha value is -3.15. The van der Waals surface area contributed by atoms with Crippen LogP contribution in [0, 0.1) is 12.8 Å². The van der Waals surface area contributed by atoms with E-state index in [9.17, 15) is 9.59 Å². The normalized spacial score (nSPS) is 17.2. The average Bonchev–Trinajstić information content (AvgIpc) is 3.16. The summed E-state index contributed by atoms with van der Waals surface area (Å²) in [5, 5.41) is 2.86. The number of para-hydroxylation sites is 1. The van der Waals surface area contributed by atoms with Gasteiger partial charge in [0.1, 0.15) is 5.52 Å². The molecule has 0 unspecified atom stereocenters. The van der Waals surface area contributed by atoms with E-state index in [2.05, 4.69) is 10.3 Å². The molecule has 0 radical (unpaired) electrons. The molecule has 4 rings (SSSR count). The van der Waals surface area contributed by atoms with Gasteiger partial charge in [0.2, 0.25) is 11.8 Å². The van der Waals surface area contributed by atoms with E-state index in [4.69, 9.17) is 4.42 Å². The molecule has 126 valence electrons. The molecular weight excluding hydrogens is 318 g/mol. The van der Waals surface area contributed by atoms with E-state index in [0.717, 1.165) is 11.4 Å². The molecule has 2 aromatic carbocycles. The van der Waals surface area contributed by atoms with Gasteiger partial charge in [-0.1, -0.05) is 18.2 Å². The summed E-state index contributed by atoms with van der Waals surface area (Å²) < 4.78 is 5.46. The molecular formula is C19H17N3O3. The first-order chi connectivity index (χ1) is 12.1. The van der Waals surface area contributed by atoms with Crippen LogP contribution in [0.1, 0.15) is 12.3 Å². The number of nitrogens with one attached hydrogen (secondary N) is 1. The number of hydrogen-bond donors (Lipinski definition) is 1. The van der Waals surface area contributed by atoms with Gasteiger partial charge in [0, 0.05) is 31.3 Å². The Morgan fingerprint density at radius 2 is 2.04 bits per heavy atom. The molecule has 1 saturated heterocycles. The number of rotatable bonds is 3. The largest absolute Gasteiger partial charge is 0.441 e. The number of aromatic nitrogens is 1. The van der Waals surface area contributed by atoms with Crippen molar-refractivity contribution in [2.24, 2.45) is 5.92 Å². The van der Waals surface area contributed by atoms with Crippen LogP contribution in [0.15, 0.2) is 52.9 Å². The lowest BCUT2D eigenvalue weighted by molar-refractivity contribution is -0.122. The number of hydrogen-bond acceptors (Lipinski definition) is 4. The van der Waals surface area contributed by atoms with Crippen LogP contribution in [0.25, 0.3) is 11.1 Å². The van der Waals surface area contributed by atoms with Crippen molar-refractivity contribution in [3.8, 4) is 0 Å².